The number of rotatable bonds is 7. The molecule has 0 aromatic carbocycles. The molecule has 0 spiro atoms. The van der Waals surface area contributed by atoms with E-state index in [1.165, 1.54) is 19.3 Å². The molecule has 1 aromatic heterocycles. The lowest BCUT2D eigenvalue weighted by molar-refractivity contribution is 0.476. The number of hydrogen-bond acceptors (Lipinski definition) is 5. The van der Waals surface area contributed by atoms with Gasteiger partial charge in [-0.1, -0.05) is 24.9 Å². The van der Waals surface area contributed by atoms with Crippen LogP contribution >= 0.6 is 0 Å². The number of nitrogens with zero attached hydrogens (tertiary/aromatic N) is 2. The highest BCUT2D eigenvalue weighted by Crippen LogP contribution is 2.34. The van der Waals surface area contributed by atoms with Crippen molar-refractivity contribution in [1.29, 1.82) is 0 Å². The first-order valence-electron chi connectivity index (χ1n) is 6.05. The third-order valence-corrected chi connectivity index (χ3v) is 2.93. The molecule has 1 aromatic rings. The van der Waals surface area contributed by atoms with Gasteiger partial charge in [-0.3, -0.25) is 0 Å². The van der Waals surface area contributed by atoms with Crippen molar-refractivity contribution in [2.75, 3.05) is 12.4 Å². The summed E-state index contributed by atoms with van der Waals surface area (Å²) < 4.78 is 5.46. The lowest BCUT2D eigenvalue weighted by atomic mass is 10.1. The van der Waals surface area contributed by atoms with Crippen molar-refractivity contribution in [2.24, 2.45) is 5.92 Å². The Morgan fingerprint density at radius 3 is 2.88 bits per heavy atom. The smallest absolute Gasteiger partial charge is 0.315 e. The zero-order valence-corrected chi connectivity index (χ0v) is 9.99. The van der Waals surface area contributed by atoms with Gasteiger partial charge in [-0.2, -0.15) is 0 Å². The van der Waals surface area contributed by atoms with Gasteiger partial charge in [0.05, 0.1) is 6.54 Å². The molecule has 1 aliphatic rings. The SMILES string of the molecule is CCC(CC1CC1)Nc1nnc(CNC)o1. The van der Waals surface area contributed by atoms with E-state index in [1.807, 2.05) is 7.05 Å². The van der Waals surface area contributed by atoms with Gasteiger partial charge in [-0.05, 0) is 25.8 Å². The normalized spacial score (nSPS) is 17.4. The molecule has 1 fully saturated rings. The first-order chi connectivity index (χ1) is 7.81. The lowest BCUT2D eigenvalue weighted by Crippen LogP contribution is -2.19. The van der Waals surface area contributed by atoms with Crippen LogP contribution in [0, 0.1) is 5.92 Å². The van der Waals surface area contributed by atoms with Crippen molar-refractivity contribution >= 4 is 6.01 Å². The fourth-order valence-corrected chi connectivity index (χ4v) is 1.79. The van der Waals surface area contributed by atoms with Gasteiger partial charge in [0.15, 0.2) is 0 Å². The van der Waals surface area contributed by atoms with Gasteiger partial charge < -0.3 is 15.1 Å². The van der Waals surface area contributed by atoms with Crippen molar-refractivity contribution in [3.05, 3.63) is 5.89 Å². The molecule has 0 saturated heterocycles. The molecule has 1 heterocycles. The minimum Gasteiger partial charge on any atom is -0.407 e. The molecule has 0 aliphatic heterocycles. The maximum absolute atomic E-state index is 5.46. The van der Waals surface area contributed by atoms with Crippen LogP contribution in [0.5, 0.6) is 0 Å². The Kier molecular flexibility index (Phi) is 3.77. The van der Waals surface area contributed by atoms with E-state index < -0.39 is 0 Å². The second kappa shape index (κ2) is 5.30. The maximum atomic E-state index is 5.46. The fraction of sp³-hybridized carbons (Fsp3) is 0.818. The van der Waals surface area contributed by atoms with E-state index in [9.17, 15) is 0 Å². The van der Waals surface area contributed by atoms with Gasteiger partial charge in [0.25, 0.3) is 0 Å². The number of nitrogens with one attached hydrogen (secondary N) is 2. The quantitative estimate of drug-likeness (QED) is 0.739. The van der Waals surface area contributed by atoms with Crippen LogP contribution in [0.25, 0.3) is 0 Å². The van der Waals surface area contributed by atoms with Gasteiger partial charge >= 0.3 is 6.01 Å². The van der Waals surface area contributed by atoms with Gasteiger partial charge in [-0.15, -0.1) is 5.10 Å². The predicted molar refractivity (Wildman–Crippen MR) is 62.1 cm³/mol. The summed E-state index contributed by atoms with van der Waals surface area (Å²) in [6, 6.07) is 1.02. The molecular formula is C11H20N4O. The topological polar surface area (TPSA) is 63.0 Å². The highest BCUT2D eigenvalue weighted by atomic mass is 16.4. The molecule has 5 heteroatoms. The Labute approximate surface area is 96.0 Å². The first kappa shape index (κ1) is 11.4. The highest BCUT2D eigenvalue weighted by molar-refractivity contribution is 5.19. The summed E-state index contributed by atoms with van der Waals surface area (Å²) in [4.78, 5) is 0. The van der Waals surface area contributed by atoms with Crippen molar-refractivity contribution in [3.8, 4) is 0 Å². The van der Waals surface area contributed by atoms with Crippen molar-refractivity contribution in [2.45, 2.75) is 45.2 Å². The summed E-state index contributed by atoms with van der Waals surface area (Å²) in [5.74, 6) is 1.54. The Morgan fingerprint density at radius 1 is 1.44 bits per heavy atom. The van der Waals surface area contributed by atoms with Crippen LogP contribution < -0.4 is 10.6 Å². The van der Waals surface area contributed by atoms with E-state index in [2.05, 4.69) is 27.8 Å². The van der Waals surface area contributed by atoms with Crippen LogP contribution in [0.1, 0.15) is 38.5 Å². The average molecular weight is 224 g/mol. The largest absolute Gasteiger partial charge is 0.407 e. The third kappa shape index (κ3) is 3.20. The molecule has 1 unspecified atom stereocenters. The number of anilines is 1. The molecule has 1 saturated carbocycles. The summed E-state index contributed by atoms with van der Waals surface area (Å²) in [5.41, 5.74) is 0. The van der Waals surface area contributed by atoms with Crippen molar-refractivity contribution < 1.29 is 4.42 Å². The zero-order chi connectivity index (χ0) is 11.4. The molecule has 0 bridgehead atoms. The molecule has 0 amide bonds. The second-order valence-corrected chi connectivity index (χ2v) is 4.46. The van der Waals surface area contributed by atoms with Gasteiger partial charge in [0, 0.05) is 6.04 Å². The number of aromatic nitrogens is 2. The van der Waals surface area contributed by atoms with Crippen LogP contribution in [0.3, 0.4) is 0 Å². The summed E-state index contributed by atoms with van der Waals surface area (Å²) in [7, 11) is 1.86. The van der Waals surface area contributed by atoms with E-state index in [0.29, 0.717) is 24.5 Å². The van der Waals surface area contributed by atoms with Gasteiger partial charge in [-0.25, -0.2) is 0 Å². The molecule has 2 rings (SSSR count). The molecule has 0 radical (unpaired) electrons. The predicted octanol–water partition coefficient (Wildman–Crippen LogP) is 1.78. The summed E-state index contributed by atoms with van der Waals surface area (Å²) in [5, 5.41) is 14.2. The van der Waals surface area contributed by atoms with Crippen molar-refractivity contribution in [1.82, 2.24) is 15.5 Å². The molecule has 2 N–H and O–H groups in total. The van der Waals surface area contributed by atoms with E-state index in [4.69, 9.17) is 4.42 Å². The Bertz CT molecular complexity index is 322. The second-order valence-electron chi connectivity index (χ2n) is 4.46. The fourth-order valence-electron chi connectivity index (χ4n) is 1.79. The minimum atomic E-state index is 0.468. The van der Waals surface area contributed by atoms with Gasteiger partial charge in [0.2, 0.25) is 5.89 Å². The maximum Gasteiger partial charge on any atom is 0.315 e. The first-order valence-corrected chi connectivity index (χ1v) is 6.05. The molecular weight excluding hydrogens is 204 g/mol. The van der Waals surface area contributed by atoms with Gasteiger partial charge in [0.1, 0.15) is 0 Å². The Hall–Kier alpha value is -1.10. The molecule has 90 valence electrons. The molecule has 16 heavy (non-hydrogen) atoms. The van der Waals surface area contributed by atoms with E-state index >= 15 is 0 Å². The van der Waals surface area contributed by atoms with E-state index in [1.54, 1.807) is 0 Å². The summed E-state index contributed by atoms with van der Waals surface area (Å²) >= 11 is 0. The molecule has 1 aliphatic carbocycles. The monoisotopic (exact) mass is 224 g/mol. The molecule has 1 atom stereocenters. The Balaban J connectivity index is 1.84. The summed E-state index contributed by atoms with van der Waals surface area (Å²) in [6.07, 6.45) is 5.08. The van der Waals surface area contributed by atoms with Crippen LogP contribution in [0.4, 0.5) is 6.01 Å². The van der Waals surface area contributed by atoms with Crippen LogP contribution in [-0.4, -0.2) is 23.3 Å². The number of hydrogen-bond donors (Lipinski definition) is 2. The van der Waals surface area contributed by atoms with Crippen LogP contribution in [-0.2, 0) is 6.54 Å². The van der Waals surface area contributed by atoms with Crippen LogP contribution in [0.2, 0.25) is 0 Å². The Morgan fingerprint density at radius 2 is 2.25 bits per heavy atom. The average Bonchev–Trinajstić information content (AvgIpc) is 2.99. The highest BCUT2D eigenvalue weighted by Gasteiger charge is 2.25. The van der Waals surface area contributed by atoms with Crippen molar-refractivity contribution in [3.63, 3.8) is 0 Å². The van der Waals surface area contributed by atoms with Crippen LogP contribution in [0.15, 0.2) is 4.42 Å². The molecule has 5 nitrogen and oxygen atoms in total. The minimum absolute atomic E-state index is 0.468. The lowest BCUT2D eigenvalue weighted by Gasteiger charge is -2.14. The standard InChI is InChI=1S/C11H20N4O/c1-3-9(6-8-4-5-8)13-11-15-14-10(16-11)7-12-2/h8-9,12H,3-7H2,1-2H3,(H,13,15). The summed E-state index contributed by atoms with van der Waals surface area (Å²) in [6.45, 7) is 2.80. The van der Waals surface area contributed by atoms with E-state index in [0.717, 1.165) is 12.3 Å². The zero-order valence-electron chi connectivity index (χ0n) is 9.99. The third-order valence-electron chi connectivity index (χ3n) is 2.93. The van der Waals surface area contributed by atoms with E-state index in [-0.39, 0.29) is 0 Å².